The maximum Gasteiger partial charge on any atom is 0.255 e. The Morgan fingerprint density at radius 2 is 1.07 bits per heavy atom. The van der Waals surface area contributed by atoms with E-state index in [0.717, 1.165) is 50.6 Å². The molecule has 2 unspecified atom stereocenters. The summed E-state index contributed by atoms with van der Waals surface area (Å²) in [5.74, 6) is 1.05. The molecule has 6 aromatic rings. The molecule has 274 valence electrons. The zero-order valence-electron chi connectivity index (χ0n) is 30.0. The van der Waals surface area contributed by atoms with Crippen LogP contribution in [0.3, 0.4) is 0 Å². The molecule has 0 saturated carbocycles. The summed E-state index contributed by atoms with van der Waals surface area (Å²) >= 11 is 12.1. The summed E-state index contributed by atoms with van der Waals surface area (Å²) < 4.78 is 12.1. The lowest BCUT2D eigenvalue weighted by atomic mass is 9.89. The highest BCUT2D eigenvalue weighted by molar-refractivity contribution is 6.31. The lowest BCUT2D eigenvalue weighted by Crippen LogP contribution is -2.27. The van der Waals surface area contributed by atoms with Gasteiger partial charge >= 0.3 is 0 Å². The summed E-state index contributed by atoms with van der Waals surface area (Å²) in [6.07, 6.45) is 5.58. The van der Waals surface area contributed by atoms with E-state index in [2.05, 4.69) is 59.2 Å². The van der Waals surface area contributed by atoms with E-state index in [1.54, 1.807) is 30.3 Å². The molecule has 2 atom stereocenters. The van der Waals surface area contributed by atoms with Crippen LogP contribution in [0.25, 0.3) is 22.3 Å². The molecule has 0 bridgehead atoms. The number of hydrogen-bond acceptors (Lipinski definition) is 4. The molecule has 0 heterocycles. The first-order chi connectivity index (χ1) is 26.8. The number of allylic oxidation sites excluding steroid dienone is 3. The topological polar surface area (TPSA) is 76.7 Å². The summed E-state index contributed by atoms with van der Waals surface area (Å²) in [6.45, 7) is 2.82. The highest BCUT2D eigenvalue weighted by atomic mass is 35.5. The second-order valence-electron chi connectivity index (χ2n) is 13.3. The zero-order chi connectivity index (χ0) is 38.1. The van der Waals surface area contributed by atoms with E-state index in [-0.39, 0.29) is 23.7 Å². The van der Waals surface area contributed by atoms with E-state index >= 15 is 0 Å². The molecule has 1 aliphatic carbocycles. The number of carbonyl (C=O) groups is 2. The summed E-state index contributed by atoms with van der Waals surface area (Å²) in [6, 6.07) is 46.7. The average Bonchev–Trinajstić information content (AvgIpc) is 3.21. The van der Waals surface area contributed by atoms with Gasteiger partial charge in [0, 0.05) is 27.0 Å². The zero-order valence-corrected chi connectivity index (χ0v) is 31.6. The van der Waals surface area contributed by atoms with Gasteiger partial charge in [-0.15, -0.1) is 0 Å². The fourth-order valence-corrected chi connectivity index (χ4v) is 6.56. The van der Waals surface area contributed by atoms with E-state index in [9.17, 15) is 9.59 Å². The van der Waals surface area contributed by atoms with Gasteiger partial charge in [0.2, 0.25) is 5.91 Å². The van der Waals surface area contributed by atoms with Crippen LogP contribution in [-0.4, -0.2) is 11.8 Å². The van der Waals surface area contributed by atoms with E-state index in [0.29, 0.717) is 34.5 Å². The number of nitrogens with one attached hydrogen (secondary N) is 2. The number of ether oxygens (including phenoxy) is 2. The van der Waals surface area contributed by atoms with Crippen molar-refractivity contribution in [2.24, 2.45) is 11.8 Å². The van der Waals surface area contributed by atoms with Gasteiger partial charge in [-0.3, -0.25) is 9.59 Å². The number of amides is 2. The number of rotatable bonds is 12. The van der Waals surface area contributed by atoms with Gasteiger partial charge in [-0.25, -0.2) is 0 Å². The smallest absolute Gasteiger partial charge is 0.255 e. The van der Waals surface area contributed by atoms with Gasteiger partial charge in [0.05, 0.1) is 5.92 Å². The van der Waals surface area contributed by atoms with Gasteiger partial charge in [0.15, 0.2) is 0 Å². The first-order valence-electron chi connectivity index (χ1n) is 17.9. The molecule has 7 rings (SSSR count). The molecular weight excluding hydrogens is 727 g/mol. The van der Waals surface area contributed by atoms with E-state index in [1.165, 1.54) is 0 Å². The van der Waals surface area contributed by atoms with Gasteiger partial charge < -0.3 is 20.1 Å². The first kappa shape index (κ1) is 37.2. The number of hydrogen-bond donors (Lipinski definition) is 2. The van der Waals surface area contributed by atoms with Crippen molar-refractivity contribution in [2.45, 2.75) is 20.1 Å². The molecule has 55 heavy (non-hydrogen) atoms. The Kier molecular flexibility index (Phi) is 11.8. The SMILES string of the molecule is CC1C=CC(Cl)=CC1C(=O)Nc1ccc(COc2ccc(-c3ccc(-c4ccc(OCc5ccc(NC(=O)c6cccc(Cl)c6)cc5)cc4)cc3)cc2)cc1. The summed E-state index contributed by atoms with van der Waals surface area (Å²) in [4.78, 5) is 25.3. The number of carbonyl (C=O) groups excluding carboxylic acids is 2. The summed E-state index contributed by atoms with van der Waals surface area (Å²) in [5.41, 5.74) is 8.33. The van der Waals surface area contributed by atoms with Gasteiger partial charge in [-0.05, 0) is 112 Å². The van der Waals surface area contributed by atoms with Crippen molar-refractivity contribution in [1.29, 1.82) is 0 Å². The predicted octanol–water partition coefficient (Wildman–Crippen LogP) is 12.0. The second kappa shape index (κ2) is 17.4. The molecular formula is C47H38Cl2N2O4. The quantitative estimate of drug-likeness (QED) is 0.130. The monoisotopic (exact) mass is 764 g/mol. The maximum atomic E-state index is 12.8. The minimum absolute atomic E-state index is 0.0778. The lowest BCUT2D eigenvalue weighted by molar-refractivity contribution is -0.119. The van der Waals surface area contributed by atoms with Crippen LogP contribution in [-0.2, 0) is 18.0 Å². The molecule has 6 nitrogen and oxygen atoms in total. The van der Waals surface area contributed by atoms with Gasteiger partial charge in [0.25, 0.3) is 5.91 Å². The summed E-state index contributed by atoms with van der Waals surface area (Å²) in [7, 11) is 0. The Bertz CT molecular complexity index is 2320. The molecule has 8 heteroatoms. The van der Waals surface area contributed by atoms with Crippen LogP contribution in [0.1, 0.15) is 28.4 Å². The summed E-state index contributed by atoms with van der Waals surface area (Å²) in [5, 5.41) is 6.98. The van der Waals surface area contributed by atoms with Crippen LogP contribution in [0, 0.1) is 11.8 Å². The number of benzene rings is 6. The van der Waals surface area contributed by atoms with Crippen LogP contribution >= 0.6 is 23.2 Å². The molecule has 0 spiro atoms. The van der Waals surface area contributed by atoms with E-state index in [4.69, 9.17) is 32.7 Å². The van der Waals surface area contributed by atoms with Crippen molar-refractivity contribution in [3.05, 3.63) is 191 Å². The highest BCUT2D eigenvalue weighted by Gasteiger charge is 2.24. The van der Waals surface area contributed by atoms with Crippen molar-refractivity contribution < 1.29 is 19.1 Å². The Labute approximate surface area is 331 Å². The molecule has 0 saturated heterocycles. The fraction of sp³-hybridized carbons (Fsp3) is 0.106. The van der Waals surface area contributed by atoms with Crippen molar-refractivity contribution in [3.63, 3.8) is 0 Å². The molecule has 0 aromatic heterocycles. The van der Waals surface area contributed by atoms with E-state index < -0.39 is 0 Å². The first-order valence-corrected chi connectivity index (χ1v) is 18.7. The standard InChI is InChI=1S/C47H38Cl2N2O4/c1-31-5-18-40(49)28-45(31)47(53)51-42-21-8-33(9-22-42)30-55-44-25-16-37(17-26-44)35-12-10-34(11-13-35)36-14-23-43(24-15-36)54-29-32-6-19-41(20-7-32)50-46(52)38-3-2-4-39(48)27-38/h2-28,31,45H,29-30H2,1H3,(H,50,52)(H,51,53). The van der Waals surface area contributed by atoms with Crippen molar-refractivity contribution in [1.82, 2.24) is 0 Å². The van der Waals surface area contributed by atoms with Crippen molar-refractivity contribution in [2.75, 3.05) is 10.6 Å². The van der Waals surface area contributed by atoms with Crippen molar-refractivity contribution in [3.8, 4) is 33.8 Å². The molecule has 2 amide bonds. The fourth-order valence-electron chi connectivity index (χ4n) is 6.16. The van der Waals surface area contributed by atoms with Crippen LogP contribution in [0.2, 0.25) is 5.02 Å². The Hall–Kier alpha value is -6.08. The van der Waals surface area contributed by atoms with Gasteiger partial charge in [0.1, 0.15) is 24.7 Å². The maximum absolute atomic E-state index is 12.8. The molecule has 6 aromatic carbocycles. The van der Waals surface area contributed by atoms with Crippen molar-refractivity contribution >= 4 is 46.4 Å². The van der Waals surface area contributed by atoms with Gasteiger partial charge in [-0.1, -0.05) is 121 Å². The Morgan fingerprint density at radius 3 is 1.56 bits per heavy atom. The Morgan fingerprint density at radius 1 is 0.600 bits per heavy atom. The second-order valence-corrected chi connectivity index (χ2v) is 14.2. The predicted molar refractivity (Wildman–Crippen MR) is 223 cm³/mol. The number of halogens is 2. The normalized spacial score (nSPS) is 14.8. The third kappa shape index (κ3) is 9.92. The van der Waals surface area contributed by atoms with Crippen LogP contribution in [0.4, 0.5) is 11.4 Å². The molecule has 1 aliphatic rings. The highest BCUT2D eigenvalue weighted by Crippen LogP contribution is 2.29. The van der Waals surface area contributed by atoms with Crippen LogP contribution in [0.5, 0.6) is 11.5 Å². The molecule has 0 aliphatic heterocycles. The average molecular weight is 766 g/mol. The third-order valence-corrected chi connectivity index (χ3v) is 9.85. The van der Waals surface area contributed by atoms with Crippen LogP contribution < -0.4 is 20.1 Å². The van der Waals surface area contributed by atoms with Gasteiger partial charge in [-0.2, -0.15) is 0 Å². The molecule has 0 fully saturated rings. The number of anilines is 2. The lowest BCUT2D eigenvalue weighted by Gasteiger charge is -2.20. The molecule has 0 radical (unpaired) electrons. The minimum Gasteiger partial charge on any atom is -0.489 e. The largest absolute Gasteiger partial charge is 0.489 e. The van der Waals surface area contributed by atoms with Crippen LogP contribution in [0.15, 0.2) is 169 Å². The Balaban J connectivity index is 0.863. The van der Waals surface area contributed by atoms with E-state index in [1.807, 2.05) is 91.9 Å². The minimum atomic E-state index is -0.296. The molecule has 2 N–H and O–H groups in total. The third-order valence-electron chi connectivity index (χ3n) is 9.36.